The van der Waals surface area contributed by atoms with Gasteiger partial charge in [-0.05, 0) is 103 Å². The molecule has 0 bridgehead atoms. The second-order valence-corrected chi connectivity index (χ2v) is 19.7. The fraction of sp³-hybridized carbons (Fsp3) is 0.120. The third kappa shape index (κ3) is 10.2. The van der Waals surface area contributed by atoms with Crippen molar-refractivity contribution in [3.8, 4) is 22.5 Å². The number of amides is 6. The summed E-state index contributed by atoms with van der Waals surface area (Å²) in [6, 6.07) is 19.3. The molecule has 4 aromatic heterocycles. The van der Waals surface area contributed by atoms with Crippen LogP contribution < -0.4 is 31.1 Å². The molecule has 1 atom stereocenters. The van der Waals surface area contributed by atoms with Crippen LogP contribution in [0.5, 0.6) is 0 Å². The summed E-state index contributed by atoms with van der Waals surface area (Å²) in [7, 11) is -1.68. The Morgan fingerprint density at radius 2 is 1.08 bits per heavy atom. The number of aryl methyl sites for hydroxylation is 2. The number of urea groups is 2. The molecule has 0 saturated carbocycles. The number of anilines is 6. The lowest BCUT2D eigenvalue weighted by molar-refractivity contribution is 0.101. The zero-order valence-corrected chi connectivity index (χ0v) is 41.9. The maximum absolute atomic E-state index is 14.7. The van der Waals surface area contributed by atoms with E-state index < -0.39 is 57.5 Å². The van der Waals surface area contributed by atoms with Gasteiger partial charge in [0.25, 0.3) is 11.8 Å². The van der Waals surface area contributed by atoms with Gasteiger partial charge in [-0.25, -0.2) is 56.9 Å². The van der Waals surface area contributed by atoms with Crippen molar-refractivity contribution in [3.05, 3.63) is 163 Å². The van der Waals surface area contributed by atoms with Crippen LogP contribution >= 0.6 is 34.4 Å². The summed E-state index contributed by atoms with van der Waals surface area (Å²) in [4.78, 5) is 70.5. The number of nitrogens with one attached hydrogen (secondary N) is 4. The summed E-state index contributed by atoms with van der Waals surface area (Å²) in [6.45, 7) is 3.75. The number of thioether (sulfide) groups is 1. The number of benzene rings is 4. The molecular formula is C50H38F4N10O5S4. The number of carbonyl (C=O) groups excluding carboxylic acids is 4. The Bertz CT molecular complexity index is 3490. The molecule has 6 amide bonds. The lowest BCUT2D eigenvalue weighted by Gasteiger charge is -2.30. The highest BCUT2D eigenvalue weighted by Crippen LogP contribution is 2.42. The second-order valence-electron chi connectivity index (χ2n) is 16.1. The van der Waals surface area contributed by atoms with Crippen molar-refractivity contribution in [2.45, 2.75) is 37.2 Å². The first-order chi connectivity index (χ1) is 35.1. The highest BCUT2D eigenvalue weighted by atomic mass is 32.2. The largest absolute Gasteiger partial charge is 0.333 e. The first-order valence-corrected chi connectivity index (χ1v) is 26.4. The molecule has 4 aromatic carbocycles. The van der Waals surface area contributed by atoms with Crippen molar-refractivity contribution >= 4 is 103 Å². The summed E-state index contributed by atoms with van der Waals surface area (Å²) in [5, 5.41) is 18.3. The van der Waals surface area contributed by atoms with E-state index in [1.807, 2.05) is 25.3 Å². The van der Waals surface area contributed by atoms with Crippen LogP contribution in [0.4, 0.5) is 61.5 Å². The predicted molar refractivity (Wildman–Crippen MR) is 275 cm³/mol. The number of rotatable bonds is 10. The van der Waals surface area contributed by atoms with Crippen molar-refractivity contribution in [1.29, 1.82) is 0 Å². The van der Waals surface area contributed by atoms with Gasteiger partial charge in [0.2, 0.25) is 5.16 Å². The minimum absolute atomic E-state index is 0.0301. The Hall–Kier alpha value is -7.86. The monoisotopic (exact) mass is 1060 g/mol. The van der Waals surface area contributed by atoms with Crippen LogP contribution in [0.1, 0.15) is 43.0 Å². The average Bonchev–Trinajstić information content (AvgIpc) is 4.13. The number of hydrogen-bond acceptors (Lipinski definition) is 12. The molecule has 23 heteroatoms. The zero-order chi connectivity index (χ0) is 51.7. The minimum Gasteiger partial charge on any atom is -0.333 e. The number of aromatic nitrogens is 4. The van der Waals surface area contributed by atoms with Gasteiger partial charge >= 0.3 is 12.1 Å². The molecule has 0 spiro atoms. The smallest absolute Gasteiger partial charge is 0.328 e. The lowest BCUT2D eigenvalue weighted by atomic mass is 9.99. The minimum atomic E-state index is -1.68. The second kappa shape index (κ2) is 21.1. The van der Waals surface area contributed by atoms with E-state index in [9.17, 15) is 40.9 Å². The Morgan fingerprint density at radius 1 is 0.644 bits per heavy atom. The molecule has 0 saturated heterocycles. The van der Waals surface area contributed by atoms with Gasteiger partial charge < -0.3 is 21.3 Å². The molecule has 10 rings (SSSR count). The highest BCUT2D eigenvalue weighted by Gasteiger charge is 2.36. The van der Waals surface area contributed by atoms with E-state index in [0.29, 0.717) is 61.3 Å². The molecule has 0 fully saturated rings. The van der Waals surface area contributed by atoms with E-state index in [-0.39, 0.29) is 41.7 Å². The fourth-order valence-corrected chi connectivity index (χ4v) is 9.93. The maximum Gasteiger partial charge on any atom is 0.328 e. The molecular weight excluding hydrogens is 1020 g/mol. The highest BCUT2D eigenvalue weighted by molar-refractivity contribution is 7.98. The molecule has 1 unspecified atom stereocenters. The molecule has 15 nitrogen and oxygen atoms in total. The van der Waals surface area contributed by atoms with E-state index in [2.05, 4.69) is 41.2 Å². The zero-order valence-electron chi connectivity index (χ0n) is 38.7. The number of nitrogens with zero attached hydrogens (tertiary/aromatic N) is 6. The topological polar surface area (TPSA) is 192 Å². The summed E-state index contributed by atoms with van der Waals surface area (Å²) in [6.07, 6.45) is 3.14. The number of fused-ring (bicyclic) bond motifs is 2. The molecule has 370 valence electrons. The molecule has 73 heavy (non-hydrogen) atoms. The van der Waals surface area contributed by atoms with Crippen LogP contribution in [-0.4, -0.2) is 60.5 Å². The van der Waals surface area contributed by atoms with Gasteiger partial charge in [-0.15, -0.1) is 0 Å². The maximum atomic E-state index is 14.7. The summed E-state index contributed by atoms with van der Waals surface area (Å²) in [5.74, 6) is -4.21. The van der Waals surface area contributed by atoms with Crippen LogP contribution in [0.2, 0.25) is 0 Å². The molecule has 4 N–H and O–H groups in total. The van der Waals surface area contributed by atoms with Crippen molar-refractivity contribution in [2.75, 3.05) is 32.9 Å². The number of halogens is 4. The van der Waals surface area contributed by atoms with E-state index in [1.165, 1.54) is 52.8 Å². The fourth-order valence-electron chi connectivity index (χ4n) is 7.87. The van der Waals surface area contributed by atoms with Crippen LogP contribution in [0.15, 0.2) is 117 Å². The van der Waals surface area contributed by atoms with Crippen LogP contribution in [0.25, 0.3) is 22.5 Å². The Balaban J connectivity index is 0.000000180. The Kier molecular flexibility index (Phi) is 14.5. The average molecular weight is 1060 g/mol. The quantitative estimate of drug-likeness (QED) is 0.0582. The van der Waals surface area contributed by atoms with E-state index in [0.717, 1.165) is 45.2 Å². The van der Waals surface area contributed by atoms with E-state index in [1.54, 1.807) is 64.9 Å². The molecule has 2 aliphatic rings. The standard InChI is InChI=1S/C25H19F2N5O3S2.C25H19F2N5O2S2/c1-13-6-7-15(29-23(33)14-8-9-36-12-14)10-16(13)20-17-11-28-25(34)32(21-18(26)4-3-5-19(21)27)22(17)31-24(30-20)37(2)35;1-13-6-7-15(29-23(33)14-8-9-36-12-14)10-16(13)20-17-11-28-25(34)32(22(17)31-24(30-20)35-2)21-18(26)4-3-5-19(21)27/h3-10,12H,11H2,1-2H3,(H,28,34)(H,29,33);3-10,12H,11H2,1-2H3,(H,28,34)(H,29,33). The predicted octanol–water partition coefficient (Wildman–Crippen LogP) is 11.3. The normalized spacial score (nSPS) is 13.2. The van der Waals surface area contributed by atoms with Gasteiger partial charge in [0.15, 0.2) is 16.8 Å². The first-order valence-electron chi connectivity index (χ1n) is 21.7. The summed E-state index contributed by atoms with van der Waals surface area (Å²) < 4.78 is 71.4. The molecule has 2 aliphatic heterocycles. The molecule has 0 aliphatic carbocycles. The van der Waals surface area contributed by atoms with Gasteiger partial charge in [0, 0.05) is 50.6 Å². The van der Waals surface area contributed by atoms with E-state index in [4.69, 9.17) is 0 Å². The number of para-hydroxylation sites is 2. The van der Waals surface area contributed by atoms with E-state index >= 15 is 0 Å². The van der Waals surface area contributed by atoms with Gasteiger partial charge in [-0.3, -0.25) is 13.8 Å². The van der Waals surface area contributed by atoms with Crippen LogP contribution in [0.3, 0.4) is 0 Å². The molecule has 6 heterocycles. The van der Waals surface area contributed by atoms with Crippen LogP contribution in [-0.2, 0) is 23.9 Å². The first kappa shape index (κ1) is 50.1. The van der Waals surface area contributed by atoms with Gasteiger partial charge in [-0.1, -0.05) is 36.0 Å². The van der Waals surface area contributed by atoms with Crippen molar-refractivity contribution in [3.63, 3.8) is 0 Å². The van der Waals surface area contributed by atoms with Gasteiger partial charge in [-0.2, -0.15) is 22.7 Å². The molecule has 8 aromatic rings. The lowest BCUT2D eigenvalue weighted by Crippen LogP contribution is -2.43. The van der Waals surface area contributed by atoms with Crippen molar-refractivity contribution in [2.24, 2.45) is 0 Å². The summed E-state index contributed by atoms with van der Waals surface area (Å²) in [5.41, 5.74) is 5.57. The number of hydrogen-bond donors (Lipinski definition) is 4. The third-order valence-corrected chi connectivity index (χ3v) is 14.0. The van der Waals surface area contributed by atoms with Crippen molar-refractivity contribution in [1.82, 2.24) is 30.6 Å². The Labute approximate surface area is 428 Å². The third-order valence-electron chi connectivity index (χ3n) is 11.4. The SMILES string of the molecule is CSc1nc(-c2cc(NC(=O)c3ccsc3)ccc2C)c2c(n1)N(c1c(F)cccc1F)C(=O)NC2.Cc1ccc(NC(=O)c2ccsc2)cc1-c1nc(S(C)=O)nc2c1CNC(=O)N2c1c(F)cccc1F. The molecule has 0 radical (unpaired) electrons. The number of thiophene rings is 2. The van der Waals surface area contributed by atoms with Crippen molar-refractivity contribution < 1.29 is 40.9 Å². The van der Waals surface area contributed by atoms with Gasteiger partial charge in [0.05, 0.1) is 46.4 Å². The van der Waals surface area contributed by atoms with Gasteiger partial charge in [0.1, 0.15) is 34.6 Å². The summed E-state index contributed by atoms with van der Waals surface area (Å²) >= 11 is 4.07. The number of carbonyl (C=O) groups is 4. The van der Waals surface area contributed by atoms with Crippen LogP contribution in [0, 0.1) is 37.1 Å². The Morgan fingerprint density at radius 3 is 1.49 bits per heavy atom.